The van der Waals surface area contributed by atoms with Gasteiger partial charge in [-0.3, -0.25) is 9.59 Å². The molecule has 3 N–H and O–H groups in total. The monoisotopic (exact) mass is 301 g/mol. The van der Waals surface area contributed by atoms with Crippen LogP contribution in [0.4, 0.5) is 5.69 Å². The predicted molar refractivity (Wildman–Crippen MR) is 76.7 cm³/mol. The van der Waals surface area contributed by atoms with Crippen LogP contribution in [0.2, 0.25) is 0 Å². The molecule has 8 heteroatoms. The Labute approximate surface area is 125 Å². The van der Waals surface area contributed by atoms with Gasteiger partial charge in [0.2, 0.25) is 11.7 Å². The van der Waals surface area contributed by atoms with Gasteiger partial charge in [-0.15, -0.1) is 10.2 Å². The van der Waals surface area contributed by atoms with Crippen LogP contribution in [-0.2, 0) is 9.59 Å². The number of amides is 1. The fraction of sp³-hybridized carbons (Fsp3) is 0.357. The molecule has 1 heterocycles. The molecule has 0 radical (unpaired) electrons. The van der Waals surface area contributed by atoms with Crippen LogP contribution in [0, 0.1) is 11.8 Å². The molecular weight excluding hydrogens is 286 g/mol. The molecular formula is C14H15N5O3. The van der Waals surface area contributed by atoms with Crippen molar-refractivity contribution in [1.29, 1.82) is 0 Å². The zero-order valence-electron chi connectivity index (χ0n) is 11.7. The topological polar surface area (TPSA) is 121 Å². The van der Waals surface area contributed by atoms with Crippen LogP contribution in [0.3, 0.4) is 0 Å². The standard InChI is InChI=1S/C14H15N5O3/c20-13(9-1-2-10(7-9)14(21)22)15-11-5-3-8(4-6-11)12-16-18-19-17-12/h3-6,9-10H,1-2,7H2,(H,15,20)(H,21,22)(H,16,17,18,19)/t9-,10+/m0/s1. The summed E-state index contributed by atoms with van der Waals surface area (Å²) in [5, 5.41) is 25.4. The number of carbonyl (C=O) groups is 2. The molecule has 22 heavy (non-hydrogen) atoms. The van der Waals surface area contributed by atoms with Gasteiger partial charge in [0.05, 0.1) is 5.92 Å². The highest BCUT2D eigenvalue weighted by atomic mass is 16.4. The van der Waals surface area contributed by atoms with Crippen LogP contribution in [0.15, 0.2) is 24.3 Å². The Kier molecular flexibility index (Phi) is 3.82. The van der Waals surface area contributed by atoms with Crippen LogP contribution >= 0.6 is 0 Å². The molecule has 1 saturated carbocycles. The van der Waals surface area contributed by atoms with Gasteiger partial charge in [-0.2, -0.15) is 5.21 Å². The molecule has 0 saturated heterocycles. The van der Waals surface area contributed by atoms with Gasteiger partial charge in [0.1, 0.15) is 0 Å². The Bertz CT molecular complexity index is 668. The summed E-state index contributed by atoms with van der Waals surface area (Å²) in [4.78, 5) is 23.1. The predicted octanol–water partition coefficient (Wildman–Crippen LogP) is 1.31. The quantitative estimate of drug-likeness (QED) is 0.782. The van der Waals surface area contributed by atoms with Crippen molar-refractivity contribution in [1.82, 2.24) is 20.6 Å². The Morgan fingerprint density at radius 2 is 1.91 bits per heavy atom. The zero-order chi connectivity index (χ0) is 15.5. The third kappa shape index (κ3) is 2.95. The lowest BCUT2D eigenvalue weighted by Gasteiger charge is -2.11. The molecule has 8 nitrogen and oxygen atoms in total. The maximum atomic E-state index is 12.2. The molecule has 1 aliphatic rings. The number of H-pyrrole nitrogens is 1. The number of nitrogens with zero attached hydrogens (tertiary/aromatic N) is 3. The Morgan fingerprint density at radius 3 is 2.50 bits per heavy atom. The number of aromatic amines is 1. The average Bonchev–Trinajstić information content (AvgIpc) is 3.20. The van der Waals surface area contributed by atoms with Crippen molar-refractivity contribution >= 4 is 17.6 Å². The molecule has 3 rings (SSSR count). The maximum absolute atomic E-state index is 12.2. The van der Waals surface area contributed by atoms with Crippen molar-refractivity contribution in [3.63, 3.8) is 0 Å². The first-order valence-electron chi connectivity index (χ1n) is 7.01. The van der Waals surface area contributed by atoms with Crippen molar-refractivity contribution in [2.24, 2.45) is 11.8 Å². The lowest BCUT2D eigenvalue weighted by molar-refractivity contribution is -0.141. The number of anilines is 1. The van der Waals surface area contributed by atoms with E-state index in [-0.39, 0.29) is 11.8 Å². The number of tetrazole rings is 1. The van der Waals surface area contributed by atoms with E-state index in [9.17, 15) is 9.59 Å². The smallest absolute Gasteiger partial charge is 0.306 e. The number of hydrogen-bond donors (Lipinski definition) is 3. The van der Waals surface area contributed by atoms with Crippen molar-refractivity contribution in [2.75, 3.05) is 5.32 Å². The van der Waals surface area contributed by atoms with Gasteiger partial charge in [-0.25, -0.2) is 0 Å². The molecule has 0 aliphatic heterocycles. The molecule has 2 aromatic rings. The third-order valence-electron chi connectivity index (χ3n) is 3.91. The van der Waals surface area contributed by atoms with Crippen molar-refractivity contribution in [2.45, 2.75) is 19.3 Å². The van der Waals surface area contributed by atoms with Crippen LogP contribution in [0.25, 0.3) is 11.4 Å². The molecule has 114 valence electrons. The van der Waals surface area contributed by atoms with Gasteiger partial charge in [-0.05, 0) is 48.7 Å². The minimum atomic E-state index is -0.820. The summed E-state index contributed by atoms with van der Waals surface area (Å²) >= 11 is 0. The number of aromatic nitrogens is 4. The highest BCUT2D eigenvalue weighted by Crippen LogP contribution is 2.32. The van der Waals surface area contributed by atoms with E-state index in [2.05, 4.69) is 25.9 Å². The van der Waals surface area contributed by atoms with Crippen LogP contribution < -0.4 is 5.32 Å². The number of benzene rings is 1. The number of nitrogens with one attached hydrogen (secondary N) is 2. The SMILES string of the molecule is O=C(O)[C@@H]1CC[C@H](C(=O)Nc2ccc(-c3nn[nH]n3)cc2)C1. The summed E-state index contributed by atoms with van der Waals surface area (Å²) in [7, 11) is 0. The number of carbonyl (C=O) groups excluding carboxylic acids is 1. The van der Waals surface area contributed by atoms with Gasteiger partial charge in [0, 0.05) is 17.2 Å². The second-order valence-electron chi connectivity index (χ2n) is 5.35. The van der Waals surface area contributed by atoms with Gasteiger partial charge >= 0.3 is 5.97 Å². The van der Waals surface area contributed by atoms with E-state index in [1.54, 1.807) is 24.3 Å². The molecule has 1 aliphatic carbocycles. The van der Waals surface area contributed by atoms with Crippen molar-refractivity contribution < 1.29 is 14.7 Å². The van der Waals surface area contributed by atoms with E-state index in [0.717, 1.165) is 5.56 Å². The summed E-state index contributed by atoms with van der Waals surface area (Å²) in [6.07, 6.45) is 1.58. The highest BCUT2D eigenvalue weighted by molar-refractivity contribution is 5.93. The number of hydrogen-bond acceptors (Lipinski definition) is 5. The number of aliphatic carboxylic acids is 1. The lowest BCUT2D eigenvalue weighted by atomic mass is 10.0. The van der Waals surface area contributed by atoms with Gasteiger partial charge in [0.15, 0.2) is 0 Å². The van der Waals surface area contributed by atoms with Crippen LogP contribution in [-0.4, -0.2) is 37.6 Å². The van der Waals surface area contributed by atoms with Crippen molar-refractivity contribution in [3.05, 3.63) is 24.3 Å². The minimum Gasteiger partial charge on any atom is -0.481 e. The first kappa shape index (κ1) is 14.2. The number of carboxylic acids is 1. The Hall–Kier alpha value is -2.77. The normalized spacial score (nSPS) is 20.7. The van der Waals surface area contributed by atoms with E-state index in [0.29, 0.717) is 30.8 Å². The molecule has 0 bridgehead atoms. The molecule has 1 amide bonds. The fourth-order valence-corrected chi connectivity index (χ4v) is 2.67. The first-order valence-corrected chi connectivity index (χ1v) is 7.01. The first-order chi connectivity index (χ1) is 10.6. The largest absolute Gasteiger partial charge is 0.481 e. The van der Waals surface area contributed by atoms with E-state index in [1.807, 2.05) is 0 Å². The summed E-state index contributed by atoms with van der Waals surface area (Å²) < 4.78 is 0. The number of carboxylic acid groups (broad SMARTS) is 1. The van der Waals surface area contributed by atoms with E-state index < -0.39 is 11.9 Å². The third-order valence-corrected chi connectivity index (χ3v) is 3.91. The van der Waals surface area contributed by atoms with Crippen molar-refractivity contribution in [3.8, 4) is 11.4 Å². The molecule has 1 fully saturated rings. The fourth-order valence-electron chi connectivity index (χ4n) is 2.67. The average molecular weight is 301 g/mol. The van der Waals surface area contributed by atoms with E-state index in [1.165, 1.54) is 0 Å². The molecule has 1 aromatic carbocycles. The van der Waals surface area contributed by atoms with Crippen LogP contribution in [0.5, 0.6) is 0 Å². The lowest BCUT2D eigenvalue weighted by Crippen LogP contribution is -2.21. The molecule has 1 aromatic heterocycles. The van der Waals surface area contributed by atoms with E-state index in [4.69, 9.17) is 5.11 Å². The van der Waals surface area contributed by atoms with Gasteiger partial charge in [0.25, 0.3) is 0 Å². The summed E-state index contributed by atoms with van der Waals surface area (Å²) in [5.41, 5.74) is 1.45. The number of rotatable bonds is 4. The minimum absolute atomic E-state index is 0.129. The highest BCUT2D eigenvalue weighted by Gasteiger charge is 2.33. The van der Waals surface area contributed by atoms with Crippen LogP contribution in [0.1, 0.15) is 19.3 Å². The maximum Gasteiger partial charge on any atom is 0.306 e. The molecule has 0 unspecified atom stereocenters. The zero-order valence-corrected chi connectivity index (χ0v) is 11.7. The Morgan fingerprint density at radius 1 is 1.18 bits per heavy atom. The second kappa shape index (κ2) is 5.92. The van der Waals surface area contributed by atoms with E-state index >= 15 is 0 Å². The Balaban J connectivity index is 1.61. The second-order valence-corrected chi connectivity index (χ2v) is 5.35. The van der Waals surface area contributed by atoms with Gasteiger partial charge < -0.3 is 10.4 Å². The summed E-state index contributed by atoms with van der Waals surface area (Å²) in [6, 6.07) is 7.09. The van der Waals surface area contributed by atoms with Gasteiger partial charge in [-0.1, -0.05) is 0 Å². The molecule has 2 atom stereocenters. The molecule has 0 spiro atoms. The summed E-state index contributed by atoms with van der Waals surface area (Å²) in [5.74, 6) is -1.11. The summed E-state index contributed by atoms with van der Waals surface area (Å²) in [6.45, 7) is 0.